The van der Waals surface area contributed by atoms with E-state index < -0.39 is 28.7 Å². The average molecular weight is 312 g/mol. The molecule has 0 aromatic heterocycles. The molecule has 0 bridgehead atoms. The Hall–Kier alpha value is -2.14. The molecule has 0 aliphatic rings. The predicted molar refractivity (Wildman–Crippen MR) is 76.4 cm³/mol. The van der Waals surface area contributed by atoms with E-state index in [1.54, 1.807) is 12.1 Å². The summed E-state index contributed by atoms with van der Waals surface area (Å²) in [4.78, 5) is 11.6. The molecule has 0 saturated heterocycles. The number of hydrogen-bond donors (Lipinski definition) is 2. The number of rotatable bonds is 4. The molecular formula is C15H12ClF2NO2. The standard InChI is InChI=1S/C15H12ClF2NO2/c1-15(14(20)21,13-11(17)3-2-4-12(13)18)19-10-7-5-9(16)6-8-10/h2-8,19H,1H3,(H,20,21). The fourth-order valence-corrected chi connectivity index (χ4v) is 2.15. The number of nitrogens with one attached hydrogen (secondary N) is 1. The number of aliphatic carboxylic acids is 1. The molecule has 0 heterocycles. The van der Waals surface area contributed by atoms with Gasteiger partial charge in [-0.25, -0.2) is 13.6 Å². The minimum Gasteiger partial charge on any atom is -0.479 e. The third-order valence-electron chi connectivity index (χ3n) is 3.13. The molecule has 0 radical (unpaired) electrons. The Morgan fingerprint density at radius 1 is 1.14 bits per heavy atom. The van der Waals surface area contributed by atoms with Crippen molar-refractivity contribution in [3.05, 3.63) is 64.7 Å². The molecule has 1 unspecified atom stereocenters. The van der Waals surface area contributed by atoms with Gasteiger partial charge in [-0.3, -0.25) is 0 Å². The van der Waals surface area contributed by atoms with E-state index >= 15 is 0 Å². The van der Waals surface area contributed by atoms with E-state index in [1.165, 1.54) is 25.1 Å². The highest BCUT2D eigenvalue weighted by molar-refractivity contribution is 6.30. The van der Waals surface area contributed by atoms with Crippen LogP contribution in [0.3, 0.4) is 0 Å². The van der Waals surface area contributed by atoms with E-state index in [-0.39, 0.29) is 0 Å². The summed E-state index contributed by atoms with van der Waals surface area (Å²) in [6.07, 6.45) is 0. The van der Waals surface area contributed by atoms with Crippen molar-refractivity contribution in [2.75, 3.05) is 5.32 Å². The molecule has 1 atom stereocenters. The van der Waals surface area contributed by atoms with Crippen LogP contribution in [0.1, 0.15) is 12.5 Å². The van der Waals surface area contributed by atoms with Crippen LogP contribution in [0.5, 0.6) is 0 Å². The van der Waals surface area contributed by atoms with Gasteiger partial charge in [0.05, 0.1) is 5.56 Å². The van der Waals surface area contributed by atoms with Crippen LogP contribution in [0.15, 0.2) is 42.5 Å². The zero-order valence-electron chi connectivity index (χ0n) is 11.0. The van der Waals surface area contributed by atoms with Gasteiger partial charge in [0.2, 0.25) is 0 Å². The van der Waals surface area contributed by atoms with Crippen LogP contribution in [0.25, 0.3) is 0 Å². The van der Waals surface area contributed by atoms with Crippen molar-refractivity contribution in [1.82, 2.24) is 0 Å². The van der Waals surface area contributed by atoms with Gasteiger partial charge in [-0.2, -0.15) is 0 Å². The highest BCUT2D eigenvalue weighted by atomic mass is 35.5. The van der Waals surface area contributed by atoms with Crippen molar-refractivity contribution in [2.24, 2.45) is 0 Å². The number of carboxylic acids is 1. The molecule has 3 nitrogen and oxygen atoms in total. The van der Waals surface area contributed by atoms with Gasteiger partial charge in [0.1, 0.15) is 11.6 Å². The normalized spacial score (nSPS) is 13.5. The van der Waals surface area contributed by atoms with Crippen LogP contribution < -0.4 is 5.32 Å². The van der Waals surface area contributed by atoms with Crippen molar-refractivity contribution in [3.8, 4) is 0 Å². The van der Waals surface area contributed by atoms with E-state index in [2.05, 4.69) is 5.32 Å². The van der Waals surface area contributed by atoms with Crippen molar-refractivity contribution in [1.29, 1.82) is 0 Å². The number of anilines is 1. The molecule has 0 fully saturated rings. The topological polar surface area (TPSA) is 49.3 Å². The van der Waals surface area contributed by atoms with Crippen LogP contribution in [0.2, 0.25) is 5.02 Å². The first-order valence-electron chi connectivity index (χ1n) is 6.06. The maximum absolute atomic E-state index is 13.9. The third kappa shape index (κ3) is 2.97. The summed E-state index contributed by atoms with van der Waals surface area (Å²) in [7, 11) is 0. The van der Waals surface area contributed by atoms with Gasteiger partial charge in [-0.15, -0.1) is 0 Å². The Morgan fingerprint density at radius 2 is 1.67 bits per heavy atom. The summed E-state index contributed by atoms with van der Waals surface area (Å²) < 4.78 is 27.8. The van der Waals surface area contributed by atoms with Crippen LogP contribution in [0.4, 0.5) is 14.5 Å². The van der Waals surface area contributed by atoms with Crippen LogP contribution >= 0.6 is 11.6 Å². The molecule has 0 aliphatic carbocycles. The summed E-state index contributed by atoms with van der Waals surface area (Å²) in [6.45, 7) is 1.20. The Bertz CT molecular complexity index is 656. The molecule has 0 aliphatic heterocycles. The molecule has 2 N–H and O–H groups in total. The minimum atomic E-state index is -1.96. The number of hydrogen-bond acceptors (Lipinski definition) is 2. The van der Waals surface area contributed by atoms with Gasteiger partial charge in [-0.05, 0) is 43.3 Å². The quantitative estimate of drug-likeness (QED) is 0.896. The van der Waals surface area contributed by atoms with Crippen LogP contribution in [-0.2, 0) is 10.3 Å². The van der Waals surface area contributed by atoms with Crippen LogP contribution in [0, 0.1) is 11.6 Å². The van der Waals surface area contributed by atoms with E-state index in [1.807, 2.05) is 0 Å². The number of carboxylic acid groups (broad SMARTS) is 1. The Morgan fingerprint density at radius 3 is 2.14 bits per heavy atom. The van der Waals surface area contributed by atoms with Gasteiger partial charge in [-0.1, -0.05) is 17.7 Å². The van der Waals surface area contributed by atoms with Gasteiger partial charge in [0, 0.05) is 10.7 Å². The average Bonchev–Trinajstić information content (AvgIpc) is 2.41. The van der Waals surface area contributed by atoms with Crippen molar-refractivity contribution >= 4 is 23.3 Å². The SMILES string of the molecule is CC(Nc1ccc(Cl)cc1)(C(=O)O)c1c(F)cccc1F. The molecule has 2 aromatic rings. The smallest absolute Gasteiger partial charge is 0.333 e. The first-order valence-corrected chi connectivity index (χ1v) is 6.44. The summed E-state index contributed by atoms with van der Waals surface area (Å²) in [5.41, 5.74) is -2.12. The van der Waals surface area contributed by atoms with E-state index in [9.17, 15) is 18.7 Å². The second-order valence-corrected chi connectivity index (χ2v) is 5.10. The molecule has 21 heavy (non-hydrogen) atoms. The molecule has 0 amide bonds. The lowest BCUT2D eigenvalue weighted by Gasteiger charge is -2.28. The fourth-order valence-electron chi connectivity index (χ4n) is 2.02. The summed E-state index contributed by atoms with van der Waals surface area (Å²) in [5.74, 6) is -3.26. The lowest BCUT2D eigenvalue weighted by Crippen LogP contribution is -2.42. The Kier molecular flexibility index (Phi) is 4.14. The molecule has 0 spiro atoms. The second-order valence-electron chi connectivity index (χ2n) is 4.66. The van der Waals surface area contributed by atoms with Gasteiger partial charge < -0.3 is 10.4 Å². The van der Waals surface area contributed by atoms with E-state index in [0.717, 1.165) is 12.1 Å². The maximum atomic E-state index is 13.9. The first kappa shape index (κ1) is 15.3. The third-order valence-corrected chi connectivity index (χ3v) is 3.38. The highest BCUT2D eigenvalue weighted by Crippen LogP contribution is 2.31. The second kappa shape index (κ2) is 5.69. The van der Waals surface area contributed by atoms with E-state index in [4.69, 9.17) is 11.6 Å². The van der Waals surface area contributed by atoms with Crippen molar-refractivity contribution in [2.45, 2.75) is 12.5 Å². The first-order chi connectivity index (χ1) is 9.84. The maximum Gasteiger partial charge on any atom is 0.333 e. The lowest BCUT2D eigenvalue weighted by molar-refractivity contribution is -0.142. The summed E-state index contributed by atoms with van der Waals surface area (Å²) in [6, 6.07) is 9.36. The largest absolute Gasteiger partial charge is 0.479 e. The molecule has 2 aromatic carbocycles. The summed E-state index contributed by atoms with van der Waals surface area (Å²) >= 11 is 5.75. The summed E-state index contributed by atoms with van der Waals surface area (Å²) in [5, 5.41) is 12.5. The number of benzene rings is 2. The monoisotopic (exact) mass is 311 g/mol. The van der Waals surface area contributed by atoms with Gasteiger partial charge in [0.25, 0.3) is 0 Å². The van der Waals surface area contributed by atoms with Crippen LogP contribution in [-0.4, -0.2) is 11.1 Å². The van der Waals surface area contributed by atoms with Crippen molar-refractivity contribution in [3.63, 3.8) is 0 Å². The zero-order chi connectivity index (χ0) is 15.6. The number of carbonyl (C=O) groups is 1. The minimum absolute atomic E-state index is 0.381. The number of halogens is 3. The van der Waals surface area contributed by atoms with Gasteiger partial charge >= 0.3 is 5.97 Å². The molecule has 0 saturated carbocycles. The molecule has 2 rings (SSSR count). The molecule has 110 valence electrons. The Balaban J connectivity index is 2.51. The lowest BCUT2D eigenvalue weighted by atomic mass is 9.90. The highest BCUT2D eigenvalue weighted by Gasteiger charge is 2.40. The van der Waals surface area contributed by atoms with Gasteiger partial charge in [0.15, 0.2) is 5.54 Å². The van der Waals surface area contributed by atoms with Crippen molar-refractivity contribution < 1.29 is 18.7 Å². The van der Waals surface area contributed by atoms with E-state index in [0.29, 0.717) is 10.7 Å². The predicted octanol–water partition coefficient (Wildman–Crippen LogP) is 4.03. The molecular weight excluding hydrogens is 300 g/mol. The fraction of sp³-hybridized carbons (Fsp3) is 0.133. The Labute approximate surface area is 125 Å². The zero-order valence-corrected chi connectivity index (χ0v) is 11.8. The molecule has 6 heteroatoms.